The third-order valence-corrected chi connectivity index (χ3v) is 4.48. The molecule has 2 amide bonds. The maximum absolute atomic E-state index is 12.3. The van der Waals surface area contributed by atoms with Crippen LogP contribution in [0.4, 0.5) is 11.4 Å². The van der Waals surface area contributed by atoms with Crippen molar-refractivity contribution in [2.45, 2.75) is 12.8 Å². The highest BCUT2D eigenvalue weighted by atomic mass is 16.5. The molecule has 2 aromatic carbocycles. The summed E-state index contributed by atoms with van der Waals surface area (Å²) in [5, 5.41) is 2.82. The number of carbonyl (C=O) groups excluding carboxylic acids is 2. The highest BCUT2D eigenvalue weighted by molar-refractivity contribution is 5.97. The number of methoxy groups -OCH3 is 2. The molecule has 0 radical (unpaired) electrons. The van der Waals surface area contributed by atoms with Crippen LogP contribution in [0.1, 0.15) is 12.0 Å². The van der Waals surface area contributed by atoms with E-state index in [-0.39, 0.29) is 25.0 Å². The number of para-hydroxylation sites is 2. The number of nitrogens with one attached hydrogen (secondary N) is 1. The fourth-order valence-corrected chi connectivity index (χ4v) is 3.19. The van der Waals surface area contributed by atoms with Gasteiger partial charge in [-0.05, 0) is 42.7 Å². The molecule has 0 saturated heterocycles. The first-order valence-electron chi connectivity index (χ1n) is 9.10. The van der Waals surface area contributed by atoms with Crippen LogP contribution in [0.25, 0.3) is 0 Å². The van der Waals surface area contributed by atoms with Crippen molar-refractivity contribution in [3.8, 4) is 11.5 Å². The standard InChI is InChI=1S/C21H24N2O5/c1-26-14-21(25)23-11-5-6-15-9-10-16(12-17(15)23)22-20(24)13-28-19-8-4-3-7-18(19)27-2/h3-4,7-10,12H,5-6,11,13-14H2,1-2H3,(H,22,24). The molecule has 0 bridgehead atoms. The first-order chi connectivity index (χ1) is 13.6. The minimum absolute atomic E-state index is 0.0305. The summed E-state index contributed by atoms with van der Waals surface area (Å²) >= 11 is 0. The van der Waals surface area contributed by atoms with E-state index in [4.69, 9.17) is 14.2 Å². The van der Waals surface area contributed by atoms with Crippen molar-refractivity contribution < 1.29 is 23.8 Å². The van der Waals surface area contributed by atoms with E-state index in [1.54, 1.807) is 24.1 Å². The van der Waals surface area contributed by atoms with Crippen molar-refractivity contribution >= 4 is 23.2 Å². The van der Waals surface area contributed by atoms with Crippen molar-refractivity contribution in [1.82, 2.24) is 0 Å². The zero-order chi connectivity index (χ0) is 19.9. The average Bonchev–Trinajstić information content (AvgIpc) is 2.72. The molecule has 0 spiro atoms. The van der Waals surface area contributed by atoms with Gasteiger partial charge in [-0.2, -0.15) is 0 Å². The summed E-state index contributed by atoms with van der Waals surface area (Å²) in [7, 11) is 3.05. The van der Waals surface area contributed by atoms with Crippen molar-refractivity contribution in [3.05, 3.63) is 48.0 Å². The topological polar surface area (TPSA) is 77.1 Å². The third kappa shape index (κ3) is 4.61. The van der Waals surface area contributed by atoms with Gasteiger partial charge in [0, 0.05) is 25.0 Å². The van der Waals surface area contributed by atoms with E-state index in [0.717, 1.165) is 24.1 Å². The zero-order valence-corrected chi connectivity index (χ0v) is 16.1. The van der Waals surface area contributed by atoms with E-state index < -0.39 is 0 Å². The van der Waals surface area contributed by atoms with Crippen LogP contribution in [-0.2, 0) is 20.7 Å². The first kappa shape index (κ1) is 19.7. The lowest BCUT2D eigenvalue weighted by Crippen LogP contribution is -2.37. The molecule has 0 fully saturated rings. The molecule has 0 atom stereocenters. The van der Waals surface area contributed by atoms with E-state index in [1.165, 1.54) is 7.11 Å². The van der Waals surface area contributed by atoms with Crippen molar-refractivity contribution in [2.24, 2.45) is 0 Å². The molecule has 7 nitrogen and oxygen atoms in total. The van der Waals surface area contributed by atoms with Crippen LogP contribution >= 0.6 is 0 Å². The lowest BCUT2D eigenvalue weighted by atomic mass is 10.0. The Balaban J connectivity index is 1.67. The fourth-order valence-electron chi connectivity index (χ4n) is 3.19. The van der Waals surface area contributed by atoms with Gasteiger partial charge in [-0.25, -0.2) is 0 Å². The third-order valence-electron chi connectivity index (χ3n) is 4.48. The molecule has 2 aromatic rings. The number of amides is 2. The average molecular weight is 384 g/mol. The Kier molecular flexibility index (Phi) is 6.49. The number of rotatable bonds is 7. The Morgan fingerprint density at radius 2 is 1.86 bits per heavy atom. The second kappa shape index (κ2) is 9.23. The Morgan fingerprint density at radius 3 is 2.61 bits per heavy atom. The van der Waals surface area contributed by atoms with Crippen molar-refractivity contribution in [3.63, 3.8) is 0 Å². The molecule has 1 N–H and O–H groups in total. The van der Waals surface area contributed by atoms with Gasteiger partial charge in [0.05, 0.1) is 7.11 Å². The molecule has 0 aromatic heterocycles. The fraction of sp³-hybridized carbons (Fsp3) is 0.333. The molecule has 1 aliphatic rings. The number of fused-ring (bicyclic) bond motifs is 1. The maximum Gasteiger partial charge on any atom is 0.262 e. The SMILES string of the molecule is COCC(=O)N1CCCc2ccc(NC(=O)COc3ccccc3OC)cc21. The molecule has 148 valence electrons. The van der Waals surface area contributed by atoms with E-state index >= 15 is 0 Å². The predicted molar refractivity (Wildman–Crippen MR) is 106 cm³/mol. The minimum Gasteiger partial charge on any atom is -0.493 e. The number of hydrogen-bond acceptors (Lipinski definition) is 5. The largest absolute Gasteiger partial charge is 0.493 e. The quantitative estimate of drug-likeness (QED) is 0.794. The van der Waals surface area contributed by atoms with Crippen LogP contribution < -0.4 is 19.7 Å². The van der Waals surface area contributed by atoms with E-state index in [9.17, 15) is 9.59 Å². The van der Waals surface area contributed by atoms with Gasteiger partial charge in [-0.15, -0.1) is 0 Å². The second-order valence-corrected chi connectivity index (χ2v) is 6.41. The van der Waals surface area contributed by atoms with Crippen LogP contribution in [0, 0.1) is 0 Å². The van der Waals surface area contributed by atoms with Gasteiger partial charge in [-0.3, -0.25) is 9.59 Å². The molecule has 3 rings (SSSR count). The van der Waals surface area contributed by atoms with Crippen molar-refractivity contribution in [2.75, 3.05) is 44.2 Å². The predicted octanol–water partition coefficient (Wildman–Crippen LogP) is 2.64. The highest BCUT2D eigenvalue weighted by Crippen LogP contribution is 2.30. The molecule has 1 aliphatic heterocycles. The molecule has 0 saturated carbocycles. The summed E-state index contributed by atoms with van der Waals surface area (Å²) in [4.78, 5) is 26.3. The van der Waals surface area contributed by atoms with Gasteiger partial charge in [0.15, 0.2) is 18.1 Å². The van der Waals surface area contributed by atoms with E-state index in [1.807, 2.05) is 30.3 Å². The van der Waals surface area contributed by atoms with Crippen molar-refractivity contribution in [1.29, 1.82) is 0 Å². The van der Waals surface area contributed by atoms with Gasteiger partial charge in [0.1, 0.15) is 6.61 Å². The number of benzene rings is 2. The van der Waals surface area contributed by atoms with E-state index in [2.05, 4.69) is 5.32 Å². The number of hydrogen-bond donors (Lipinski definition) is 1. The summed E-state index contributed by atoms with van der Waals surface area (Å²) < 4.78 is 15.7. The molecule has 0 aliphatic carbocycles. The number of ether oxygens (including phenoxy) is 3. The normalized spacial score (nSPS) is 12.9. The van der Waals surface area contributed by atoms with Gasteiger partial charge in [0.2, 0.25) is 0 Å². The first-order valence-corrected chi connectivity index (χ1v) is 9.10. The number of anilines is 2. The number of carbonyl (C=O) groups is 2. The minimum atomic E-state index is -0.295. The summed E-state index contributed by atoms with van der Waals surface area (Å²) in [6.07, 6.45) is 1.80. The summed E-state index contributed by atoms with van der Waals surface area (Å²) in [5.74, 6) is 0.682. The molecular formula is C21H24N2O5. The van der Waals surface area contributed by atoms with Crippen LogP contribution in [-0.4, -0.2) is 45.8 Å². The summed E-state index contributed by atoms with van der Waals surface area (Å²) in [6.45, 7) is 0.524. The van der Waals surface area contributed by atoms with Gasteiger partial charge < -0.3 is 24.4 Å². The number of nitrogens with zero attached hydrogens (tertiary/aromatic N) is 1. The Labute approximate surface area is 164 Å². The number of aryl methyl sites for hydroxylation is 1. The lowest BCUT2D eigenvalue weighted by Gasteiger charge is -2.29. The van der Waals surface area contributed by atoms with Crippen LogP contribution in [0.15, 0.2) is 42.5 Å². The monoisotopic (exact) mass is 384 g/mol. The zero-order valence-electron chi connectivity index (χ0n) is 16.1. The molecule has 1 heterocycles. The second-order valence-electron chi connectivity index (χ2n) is 6.41. The van der Waals surface area contributed by atoms with Crippen LogP contribution in [0.5, 0.6) is 11.5 Å². The maximum atomic E-state index is 12.3. The van der Waals surface area contributed by atoms with Gasteiger partial charge >= 0.3 is 0 Å². The molecule has 28 heavy (non-hydrogen) atoms. The lowest BCUT2D eigenvalue weighted by molar-refractivity contribution is -0.122. The Bertz CT molecular complexity index is 852. The Morgan fingerprint density at radius 1 is 1.07 bits per heavy atom. The van der Waals surface area contributed by atoms with Gasteiger partial charge in [-0.1, -0.05) is 18.2 Å². The van der Waals surface area contributed by atoms with Crippen LogP contribution in [0.2, 0.25) is 0 Å². The highest BCUT2D eigenvalue weighted by Gasteiger charge is 2.23. The molecule has 7 heteroatoms. The van der Waals surface area contributed by atoms with E-state index in [0.29, 0.717) is 23.7 Å². The van der Waals surface area contributed by atoms with Crippen LogP contribution in [0.3, 0.4) is 0 Å². The Hall–Kier alpha value is -3.06. The molecule has 0 unspecified atom stereocenters. The van der Waals surface area contributed by atoms with Gasteiger partial charge in [0.25, 0.3) is 11.8 Å². The summed E-state index contributed by atoms with van der Waals surface area (Å²) in [5.41, 5.74) is 2.51. The smallest absolute Gasteiger partial charge is 0.262 e. The summed E-state index contributed by atoms with van der Waals surface area (Å²) in [6, 6.07) is 12.7. The molecular weight excluding hydrogens is 360 g/mol.